The molecule has 3 nitrogen and oxygen atoms in total. The Bertz CT molecular complexity index is 626. The number of hydrogen-bond donors (Lipinski definition) is 1. The maximum Gasteiger partial charge on any atom is 0.248 e. The molecule has 1 amide bonds. The highest BCUT2D eigenvalue weighted by molar-refractivity contribution is 6.32. The van der Waals surface area contributed by atoms with Crippen LogP contribution >= 0.6 is 23.2 Å². The fourth-order valence-electron chi connectivity index (χ4n) is 1.44. The van der Waals surface area contributed by atoms with Crippen molar-refractivity contribution in [3.05, 3.63) is 64.4 Å². The molecule has 1 heterocycles. The van der Waals surface area contributed by atoms with E-state index in [1.165, 1.54) is 6.08 Å². The molecule has 0 unspecified atom stereocenters. The lowest BCUT2D eigenvalue weighted by atomic mass is 10.2. The van der Waals surface area contributed by atoms with E-state index in [-0.39, 0.29) is 11.1 Å². The van der Waals surface area contributed by atoms with Gasteiger partial charge in [0.15, 0.2) is 5.15 Å². The predicted molar refractivity (Wildman–Crippen MR) is 78.4 cm³/mol. The first-order valence-electron chi connectivity index (χ1n) is 5.50. The number of nitrogens with one attached hydrogen (secondary N) is 1. The summed E-state index contributed by atoms with van der Waals surface area (Å²) in [5.74, 6) is -0.283. The molecule has 1 N–H and O–H groups in total. The Morgan fingerprint density at radius 3 is 2.79 bits per heavy atom. The Morgan fingerprint density at radius 2 is 2.05 bits per heavy atom. The number of nitrogens with zero attached hydrogens (tertiary/aromatic N) is 1. The fourth-order valence-corrected chi connectivity index (χ4v) is 1.80. The molecular weight excluding hydrogens is 283 g/mol. The van der Waals surface area contributed by atoms with Crippen LogP contribution in [0.5, 0.6) is 0 Å². The molecule has 0 atom stereocenters. The normalized spacial score (nSPS) is 10.6. The van der Waals surface area contributed by atoms with Crippen LogP contribution in [-0.2, 0) is 4.79 Å². The van der Waals surface area contributed by atoms with E-state index in [1.807, 2.05) is 12.1 Å². The molecule has 5 heteroatoms. The predicted octanol–water partition coefficient (Wildman–Crippen LogP) is 4.04. The fraction of sp³-hybridized carbons (Fsp3) is 0. The van der Waals surface area contributed by atoms with E-state index in [1.54, 1.807) is 36.5 Å². The first kappa shape index (κ1) is 13.6. The zero-order chi connectivity index (χ0) is 13.7. The zero-order valence-corrected chi connectivity index (χ0v) is 11.3. The van der Waals surface area contributed by atoms with Gasteiger partial charge in [0.05, 0.1) is 5.69 Å². The Morgan fingerprint density at radius 1 is 1.21 bits per heavy atom. The molecule has 1 aromatic carbocycles. The smallest absolute Gasteiger partial charge is 0.248 e. The number of pyridine rings is 1. The Hall–Kier alpha value is -1.84. The number of benzene rings is 1. The molecule has 0 aliphatic rings. The molecule has 0 radical (unpaired) electrons. The SMILES string of the molecule is O=C(/C=C/c1cccc(Cl)c1)Nc1cccnc1Cl. The van der Waals surface area contributed by atoms with Crippen LogP contribution < -0.4 is 5.32 Å². The van der Waals surface area contributed by atoms with Crippen LogP contribution in [-0.4, -0.2) is 10.9 Å². The van der Waals surface area contributed by atoms with Crippen molar-refractivity contribution in [2.24, 2.45) is 0 Å². The molecule has 1 aromatic heterocycles. The zero-order valence-electron chi connectivity index (χ0n) is 9.81. The molecule has 2 rings (SSSR count). The summed E-state index contributed by atoms with van der Waals surface area (Å²) < 4.78 is 0. The molecule has 0 spiro atoms. The van der Waals surface area contributed by atoms with Crippen LogP contribution in [0.25, 0.3) is 6.08 Å². The third kappa shape index (κ3) is 4.09. The summed E-state index contributed by atoms with van der Waals surface area (Å²) in [5, 5.41) is 3.52. The van der Waals surface area contributed by atoms with E-state index in [0.717, 1.165) is 5.56 Å². The van der Waals surface area contributed by atoms with Gasteiger partial charge in [-0.1, -0.05) is 35.3 Å². The number of carbonyl (C=O) groups is 1. The average Bonchev–Trinajstić information content (AvgIpc) is 2.39. The highest BCUT2D eigenvalue weighted by Crippen LogP contribution is 2.17. The molecule has 0 saturated carbocycles. The van der Waals surface area contributed by atoms with Gasteiger partial charge in [-0.05, 0) is 35.9 Å². The van der Waals surface area contributed by atoms with Crippen molar-refractivity contribution in [2.45, 2.75) is 0 Å². The van der Waals surface area contributed by atoms with E-state index in [0.29, 0.717) is 10.7 Å². The van der Waals surface area contributed by atoms with Gasteiger partial charge in [-0.25, -0.2) is 4.98 Å². The molecule has 0 aliphatic carbocycles. The Labute approximate surface area is 120 Å². The highest BCUT2D eigenvalue weighted by Gasteiger charge is 2.02. The minimum Gasteiger partial charge on any atom is -0.320 e. The van der Waals surface area contributed by atoms with Gasteiger partial charge >= 0.3 is 0 Å². The second-order valence-electron chi connectivity index (χ2n) is 3.72. The van der Waals surface area contributed by atoms with E-state index in [9.17, 15) is 4.79 Å². The molecule has 0 aliphatic heterocycles. The summed E-state index contributed by atoms with van der Waals surface area (Å²) in [6, 6.07) is 10.6. The quantitative estimate of drug-likeness (QED) is 0.685. The summed E-state index contributed by atoms with van der Waals surface area (Å²) in [7, 11) is 0. The highest BCUT2D eigenvalue weighted by atomic mass is 35.5. The number of anilines is 1. The summed E-state index contributed by atoms with van der Waals surface area (Å²) in [4.78, 5) is 15.6. The van der Waals surface area contributed by atoms with Gasteiger partial charge in [-0.3, -0.25) is 4.79 Å². The van der Waals surface area contributed by atoms with Crippen LogP contribution in [0.1, 0.15) is 5.56 Å². The second kappa shape index (κ2) is 6.36. The lowest BCUT2D eigenvalue weighted by Crippen LogP contribution is -2.08. The van der Waals surface area contributed by atoms with Crippen LogP contribution in [0.4, 0.5) is 5.69 Å². The standard InChI is InChI=1S/C14H10Cl2N2O/c15-11-4-1-3-10(9-11)6-7-13(19)18-12-5-2-8-17-14(12)16/h1-9H,(H,18,19)/b7-6+. The number of aromatic nitrogens is 1. The van der Waals surface area contributed by atoms with E-state index < -0.39 is 0 Å². The summed E-state index contributed by atoms with van der Waals surface area (Å²) >= 11 is 11.7. The topological polar surface area (TPSA) is 42.0 Å². The van der Waals surface area contributed by atoms with Crippen molar-refractivity contribution in [2.75, 3.05) is 5.32 Å². The van der Waals surface area contributed by atoms with E-state index in [2.05, 4.69) is 10.3 Å². The van der Waals surface area contributed by atoms with Crippen LogP contribution in [0.3, 0.4) is 0 Å². The molecule has 19 heavy (non-hydrogen) atoms. The Kier molecular flexibility index (Phi) is 4.55. The number of hydrogen-bond acceptors (Lipinski definition) is 2. The number of carbonyl (C=O) groups excluding carboxylic acids is 1. The maximum atomic E-state index is 11.7. The van der Waals surface area contributed by atoms with Crippen molar-refractivity contribution in [1.29, 1.82) is 0 Å². The van der Waals surface area contributed by atoms with Gasteiger partial charge in [0.25, 0.3) is 0 Å². The number of rotatable bonds is 3. The van der Waals surface area contributed by atoms with E-state index >= 15 is 0 Å². The lowest BCUT2D eigenvalue weighted by Gasteiger charge is -2.02. The van der Waals surface area contributed by atoms with Crippen molar-refractivity contribution in [3.8, 4) is 0 Å². The molecule has 96 valence electrons. The summed E-state index contributed by atoms with van der Waals surface area (Å²) in [6.45, 7) is 0. The molecular formula is C14H10Cl2N2O. The average molecular weight is 293 g/mol. The van der Waals surface area contributed by atoms with Gasteiger partial charge in [0.1, 0.15) is 0 Å². The van der Waals surface area contributed by atoms with Gasteiger partial charge in [0, 0.05) is 17.3 Å². The summed E-state index contributed by atoms with van der Waals surface area (Å²) in [6.07, 6.45) is 4.64. The molecule has 0 saturated heterocycles. The van der Waals surface area contributed by atoms with Crippen molar-refractivity contribution in [3.63, 3.8) is 0 Å². The van der Waals surface area contributed by atoms with Gasteiger partial charge in [-0.2, -0.15) is 0 Å². The largest absolute Gasteiger partial charge is 0.320 e. The molecule has 2 aromatic rings. The third-order valence-electron chi connectivity index (χ3n) is 2.29. The molecule has 0 fully saturated rings. The molecule has 0 bridgehead atoms. The van der Waals surface area contributed by atoms with Gasteiger partial charge in [0.2, 0.25) is 5.91 Å². The first-order valence-corrected chi connectivity index (χ1v) is 6.26. The van der Waals surface area contributed by atoms with Crippen molar-refractivity contribution in [1.82, 2.24) is 4.98 Å². The summed E-state index contributed by atoms with van der Waals surface area (Å²) in [5.41, 5.74) is 1.32. The van der Waals surface area contributed by atoms with Crippen LogP contribution in [0.15, 0.2) is 48.7 Å². The lowest BCUT2D eigenvalue weighted by molar-refractivity contribution is -0.111. The minimum absolute atomic E-state index is 0.256. The third-order valence-corrected chi connectivity index (χ3v) is 2.83. The second-order valence-corrected chi connectivity index (χ2v) is 4.51. The van der Waals surface area contributed by atoms with Crippen LogP contribution in [0, 0.1) is 0 Å². The van der Waals surface area contributed by atoms with Crippen molar-refractivity contribution >= 4 is 40.9 Å². The van der Waals surface area contributed by atoms with E-state index in [4.69, 9.17) is 23.2 Å². The monoisotopic (exact) mass is 292 g/mol. The first-order chi connectivity index (χ1) is 9.15. The minimum atomic E-state index is -0.283. The number of amides is 1. The van der Waals surface area contributed by atoms with Gasteiger partial charge < -0.3 is 5.32 Å². The van der Waals surface area contributed by atoms with Gasteiger partial charge in [-0.15, -0.1) is 0 Å². The van der Waals surface area contributed by atoms with Crippen molar-refractivity contribution < 1.29 is 4.79 Å². The van der Waals surface area contributed by atoms with Crippen LogP contribution in [0.2, 0.25) is 10.2 Å². The Balaban J connectivity index is 2.04. The number of halogens is 2. The maximum absolute atomic E-state index is 11.7.